The van der Waals surface area contributed by atoms with Gasteiger partial charge in [-0.2, -0.15) is 0 Å². The Bertz CT molecular complexity index is 321. The molecular formula is C11H14ClNO. The van der Waals surface area contributed by atoms with Gasteiger partial charge in [0.2, 0.25) is 0 Å². The molecule has 0 unspecified atom stereocenters. The summed E-state index contributed by atoms with van der Waals surface area (Å²) in [6.07, 6.45) is 0. The van der Waals surface area contributed by atoms with E-state index in [0.29, 0.717) is 6.04 Å². The topological polar surface area (TPSA) is 21.3 Å². The van der Waals surface area contributed by atoms with Gasteiger partial charge in [0, 0.05) is 11.6 Å². The second-order valence-corrected chi connectivity index (χ2v) is 3.94. The lowest BCUT2D eigenvalue weighted by Gasteiger charge is -2.25. The van der Waals surface area contributed by atoms with Crippen molar-refractivity contribution in [3.8, 4) is 0 Å². The highest BCUT2D eigenvalue weighted by Gasteiger charge is 2.17. The van der Waals surface area contributed by atoms with Crippen LogP contribution in [0, 0.1) is 6.92 Å². The van der Waals surface area contributed by atoms with Crippen LogP contribution < -0.4 is 5.32 Å². The number of ether oxygens (including phenoxy) is 1. The SMILES string of the molecule is Cc1c(Cl)cccc1[C@@H]1COCCN1. The molecule has 14 heavy (non-hydrogen) atoms. The van der Waals surface area contributed by atoms with E-state index < -0.39 is 0 Å². The number of halogens is 1. The zero-order valence-corrected chi connectivity index (χ0v) is 8.97. The van der Waals surface area contributed by atoms with Gasteiger partial charge in [-0.15, -0.1) is 0 Å². The Morgan fingerprint density at radius 2 is 2.36 bits per heavy atom. The van der Waals surface area contributed by atoms with Crippen LogP contribution in [0.15, 0.2) is 18.2 Å². The Labute approximate surface area is 89.2 Å². The zero-order chi connectivity index (χ0) is 9.97. The number of hydrogen-bond acceptors (Lipinski definition) is 2. The van der Waals surface area contributed by atoms with Crippen molar-refractivity contribution in [2.45, 2.75) is 13.0 Å². The first-order chi connectivity index (χ1) is 6.79. The monoisotopic (exact) mass is 211 g/mol. The summed E-state index contributed by atoms with van der Waals surface area (Å²) in [4.78, 5) is 0. The predicted molar refractivity (Wildman–Crippen MR) is 57.8 cm³/mol. The molecule has 0 aromatic heterocycles. The number of benzene rings is 1. The van der Waals surface area contributed by atoms with Crippen LogP contribution in [0.25, 0.3) is 0 Å². The minimum Gasteiger partial charge on any atom is -0.378 e. The van der Waals surface area contributed by atoms with E-state index in [4.69, 9.17) is 16.3 Å². The average molecular weight is 212 g/mol. The summed E-state index contributed by atoms with van der Waals surface area (Å²) in [5.74, 6) is 0. The van der Waals surface area contributed by atoms with Crippen molar-refractivity contribution in [3.05, 3.63) is 34.3 Å². The Morgan fingerprint density at radius 1 is 1.50 bits per heavy atom. The molecule has 2 nitrogen and oxygen atoms in total. The van der Waals surface area contributed by atoms with Crippen molar-refractivity contribution >= 4 is 11.6 Å². The molecule has 2 rings (SSSR count). The summed E-state index contributed by atoms with van der Waals surface area (Å²) in [6, 6.07) is 6.31. The lowest BCUT2D eigenvalue weighted by molar-refractivity contribution is 0.0767. The molecule has 1 aromatic rings. The first kappa shape index (κ1) is 9.97. The second-order valence-electron chi connectivity index (χ2n) is 3.54. The van der Waals surface area contributed by atoms with E-state index in [1.807, 2.05) is 19.1 Å². The lowest BCUT2D eigenvalue weighted by Crippen LogP contribution is -2.34. The summed E-state index contributed by atoms with van der Waals surface area (Å²) in [5.41, 5.74) is 2.40. The Hall–Kier alpha value is -0.570. The van der Waals surface area contributed by atoms with Crippen LogP contribution in [0.4, 0.5) is 0 Å². The fourth-order valence-electron chi connectivity index (χ4n) is 1.77. The van der Waals surface area contributed by atoms with Crippen LogP contribution in [0.3, 0.4) is 0 Å². The summed E-state index contributed by atoms with van der Waals surface area (Å²) in [5, 5.41) is 4.25. The maximum absolute atomic E-state index is 6.06. The molecule has 1 heterocycles. The molecular weight excluding hydrogens is 198 g/mol. The van der Waals surface area contributed by atoms with E-state index in [0.717, 1.165) is 30.3 Å². The lowest BCUT2D eigenvalue weighted by atomic mass is 10.0. The van der Waals surface area contributed by atoms with Gasteiger partial charge in [-0.05, 0) is 24.1 Å². The molecule has 1 N–H and O–H groups in total. The third-order valence-electron chi connectivity index (χ3n) is 2.61. The second kappa shape index (κ2) is 4.30. The van der Waals surface area contributed by atoms with Crippen LogP contribution in [0.1, 0.15) is 17.2 Å². The molecule has 1 aromatic carbocycles. The van der Waals surface area contributed by atoms with Crippen molar-refractivity contribution < 1.29 is 4.74 Å². The van der Waals surface area contributed by atoms with Crippen molar-refractivity contribution in [2.24, 2.45) is 0 Å². The molecule has 0 bridgehead atoms. The third kappa shape index (κ3) is 1.92. The Kier molecular flexibility index (Phi) is 3.06. The van der Waals surface area contributed by atoms with E-state index >= 15 is 0 Å². The summed E-state index contributed by atoms with van der Waals surface area (Å²) in [6.45, 7) is 4.50. The predicted octanol–water partition coefficient (Wildman–Crippen LogP) is 2.31. The quantitative estimate of drug-likeness (QED) is 0.770. The highest BCUT2D eigenvalue weighted by molar-refractivity contribution is 6.31. The van der Waals surface area contributed by atoms with Gasteiger partial charge in [0.1, 0.15) is 0 Å². The van der Waals surface area contributed by atoms with E-state index in [-0.39, 0.29) is 0 Å². The highest BCUT2D eigenvalue weighted by Crippen LogP contribution is 2.25. The standard InChI is InChI=1S/C11H14ClNO/c1-8-9(3-2-4-10(8)12)11-7-14-6-5-13-11/h2-4,11,13H,5-7H2,1H3/t11-/m0/s1. The van der Waals surface area contributed by atoms with E-state index in [1.54, 1.807) is 0 Å². The molecule has 1 fully saturated rings. The van der Waals surface area contributed by atoms with E-state index in [2.05, 4.69) is 11.4 Å². The van der Waals surface area contributed by atoms with Gasteiger partial charge in [0.05, 0.1) is 19.3 Å². The van der Waals surface area contributed by atoms with Crippen molar-refractivity contribution in [1.29, 1.82) is 0 Å². The molecule has 76 valence electrons. The molecule has 1 aliphatic rings. The molecule has 1 saturated heterocycles. The number of rotatable bonds is 1. The van der Waals surface area contributed by atoms with Crippen LogP contribution in [-0.4, -0.2) is 19.8 Å². The van der Waals surface area contributed by atoms with Gasteiger partial charge < -0.3 is 10.1 Å². The van der Waals surface area contributed by atoms with E-state index in [9.17, 15) is 0 Å². The number of hydrogen-bond donors (Lipinski definition) is 1. The number of morpholine rings is 1. The smallest absolute Gasteiger partial charge is 0.0662 e. The molecule has 1 atom stereocenters. The third-order valence-corrected chi connectivity index (χ3v) is 3.02. The highest BCUT2D eigenvalue weighted by atomic mass is 35.5. The minimum atomic E-state index is 0.294. The summed E-state index contributed by atoms with van der Waals surface area (Å²) >= 11 is 6.06. The van der Waals surface area contributed by atoms with Gasteiger partial charge >= 0.3 is 0 Å². The van der Waals surface area contributed by atoms with Gasteiger partial charge in [0.15, 0.2) is 0 Å². The van der Waals surface area contributed by atoms with Crippen LogP contribution in [0.2, 0.25) is 5.02 Å². The molecule has 0 amide bonds. The maximum atomic E-state index is 6.06. The number of nitrogens with one attached hydrogen (secondary N) is 1. The zero-order valence-electron chi connectivity index (χ0n) is 8.22. The molecule has 0 aliphatic carbocycles. The molecule has 0 spiro atoms. The fraction of sp³-hybridized carbons (Fsp3) is 0.455. The first-order valence-electron chi connectivity index (χ1n) is 4.85. The molecule has 3 heteroatoms. The van der Waals surface area contributed by atoms with Gasteiger partial charge in [0.25, 0.3) is 0 Å². The molecule has 1 aliphatic heterocycles. The van der Waals surface area contributed by atoms with Crippen LogP contribution in [-0.2, 0) is 4.74 Å². The largest absolute Gasteiger partial charge is 0.378 e. The first-order valence-corrected chi connectivity index (χ1v) is 5.23. The Balaban J connectivity index is 2.26. The van der Waals surface area contributed by atoms with Gasteiger partial charge in [-0.1, -0.05) is 23.7 Å². The Morgan fingerprint density at radius 3 is 3.07 bits per heavy atom. The van der Waals surface area contributed by atoms with Crippen LogP contribution >= 0.6 is 11.6 Å². The van der Waals surface area contributed by atoms with Crippen molar-refractivity contribution in [1.82, 2.24) is 5.32 Å². The van der Waals surface area contributed by atoms with Crippen LogP contribution in [0.5, 0.6) is 0 Å². The molecule has 0 radical (unpaired) electrons. The van der Waals surface area contributed by atoms with Crippen molar-refractivity contribution in [3.63, 3.8) is 0 Å². The maximum Gasteiger partial charge on any atom is 0.0662 e. The van der Waals surface area contributed by atoms with Gasteiger partial charge in [-0.25, -0.2) is 0 Å². The van der Waals surface area contributed by atoms with Gasteiger partial charge in [-0.3, -0.25) is 0 Å². The normalized spacial score (nSPS) is 22.3. The van der Waals surface area contributed by atoms with E-state index in [1.165, 1.54) is 5.56 Å². The fourth-order valence-corrected chi connectivity index (χ4v) is 1.95. The summed E-state index contributed by atoms with van der Waals surface area (Å²) in [7, 11) is 0. The summed E-state index contributed by atoms with van der Waals surface area (Å²) < 4.78 is 5.43. The minimum absolute atomic E-state index is 0.294. The van der Waals surface area contributed by atoms with Crippen molar-refractivity contribution in [2.75, 3.05) is 19.8 Å². The average Bonchev–Trinajstić information content (AvgIpc) is 2.23. The molecule has 0 saturated carbocycles.